The Morgan fingerprint density at radius 1 is 0.812 bits per heavy atom. The first-order valence-corrected chi connectivity index (χ1v) is 12.4. The second kappa shape index (κ2) is 9.85. The Morgan fingerprint density at radius 2 is 1.59 bits per heavy atom. The Bertz CT molecular complexity index is 1150. The van der Waals surface area contributed by atoms with Crippen LogP contribution in [0, 0.1) is 0 Å². The fourth-order valence-electron chi connectivity index (χ4n) is 3.96. The number of rotatable bonds is 7. The first-order valence-electron chi connectivity index (χ1n) is 10.8. The molecule has 0 aliphatic carbocycles. The van der Waals surface area contributed by atoms with Crippen molar-refractivity contribution in [3.05, 3.63) is 88.7 Å². The molecular weight excluding hydrogens is 484 g/mol. The summed E-state index contributed by atoms with van der Waals surface area (Å²) in [4.78, 5) is 4.77. The van der Waals surface area contributed by atoms with Crippen molar-refractivity contribution < 1.29 is 0 Å². The normalized spacial score (nSPS) is 14.2. The van der Waals surface area contributed by atoms with E-state index >= 15 is 0 Å². The highest BCUT2D eigenvalue weighted by Crippen LogP contribution is 2.26. The van der Waals surface area contributed by atoms with Gasteiger partial charge in [0.2, 0.25) is 10.3 Å². The van der Waals surface area contributed by atoms with E-state index in [9.17, 15) is 0 Å². The second-order valence-electron chi connectivity index (χ2n) is 7.78. The van der Waals surface area contributed by atoms with Crippen LogP contribution in [-0.4, -0.2) is 40.9 Å². The Kier molecular flexibility index (Phi) is 6.52. The first kappa shape index (κ1) is 21.2. The maximum Gasteiger partial charge on any atom is 0.218 e. The summed E-state index contributed by atoms with van der Waals surface area (Å²) in [5, 5.41) is 14.4. The summed E-state index contributed by atoms with van der Waals surface area (Å²) >= 11 is 5.19. The predicted molar refractivity (Wildman–Crippen MR) is 135 cm³/mol. The third-order valence-corrected chi connectivity index (χ3v) is 7.12. The number of halogens is 1. The maximum absolute atomic E-state index is 4.50. The number of piperazine rings is 1. The van der Waals surface area contributed by atoms with Crippen molar-refractivity contribution in [2.24, 2.45) is 0 Å². The summed E-state index contributed by atoms with van der Waals surface area (Å²) in [6.07, 6.45) is 2.06. The predicted octanol–water partition coefficient (Wildman–Crippen LogP) is 4.71. The van der Waals surface area contributed by atoms with Crippen LogP contribution in [0.3, 0.4) is 0 Å². The van der Waals surface area contributed by atoms with Crippen molar-refractivity contribution in [2.75, 3.05) is 36.0 Å². The van der Waals surface area contributed by atoms with E-state index in [0.717, 1.165) is 54.0 Å². The number of hydrogen-bond donors (Lipinski definition) is 1. The molecule has 164 valence electrons. The van der Waals surface area contributed by atoms with Gasteiger partial charge >= 0.3 is 0 Å². The summed E-state index contributed by atoms with van der Waals surface area (Å²) in [5.41, 5.74) is 3.72. The zero-order valence-corrected chi connectivity index (χ0v) is 20.1. The van der Waals surface area contributed by atoms with Crippen molar-refractivity contribution >= 4 is 38.1 Å². The minimum atomic E-state index is 0.768. The molecule has 0 atom stereocenters. The molecule has 32 heavy (non-hydrogen) atoms. The summed E-state index contributed by atoms with van der Waals surface area (Å²) in [6, 6.07) is 23.2. The van der Waals surface area contributed by atoms with E-state index in [2.05, 4.69) is 113 Å². The molecule has 2 aromatic carbocycles. The molecule has 2 aromatic heterocycles. The molecule has 0 spiro atoms. The highest BCUT2D eigenvalue weighted by molar-refractivity contribution is 9.10. The molecule has 1 saturated heterocycles. The van der Waals surface area contributed by atoms with Crippen LogP contribution >= 0.6 is 27.3 Å². The molecule has 8 heteroatoms. The van der Waals surface area contributed by atoms with E-state index in [1.54, 1.807) is 11.3 Å². The van der Waals surface area contributed by atoms with Gasteiger partial charge in [0.1, 0.15) is 0 Å². The molecule has 0 unspecified atom stereocenters. The summed E-state index contributed by atoms with van der Waals surface area (Å²) in [5.74, 6) is 0. The number of benzene rings is 2. The van der Waals surface area contributed by atoms with Gasteiger partial charge in [-0.25, -0.2) is 0 Å². The number of para-hydroxylation sites is 1. The van der Waals surface area contributed by atoms with Gasteiger partial charge in [0.25, 0.3) is 0 Å². The van der Waals surface area contributed by atoms with Crippen LogP contribution < -0.4 is 15.1 Å². The highest BCUT2D eigenvalue weighted by Gasteiger charge is 2.21. The van der Waals surface area contributed by atoms with E-state index in [1.807, 2.05) is 6.07 Å². The number of nitrogens with one attached hydrogen (secondary N) is 1. The molecular formula is C24H25BrN6S. The SMILES string of the molecule is Brc1cccc(CNCc2cccn2-c2nnc(N3CCN(c4ccccc4)CC3)s2)c1. The Balaban J connectivity index is 1.20. The van der Waals surface area contributed by atoms with E-state index < -0.39 is 0 Å². The van der Waals surface area contributed by atoms with Crippen molar-refractivity contribution in [1.29, 1.82) is 0 Å². The van der Waals surface area contributed by atoms with Crippen LogP contribution in [0.15, 0.2) is 77.4 Å². The van der Waals surface area contributed by atoms with Gasteiger partial charge < -0.3 is 15.1 Å². The molecule has 1 aliphatic rings. The van der Waals surface area contributed by atoms with E-state index in [0.29, 0.717) is 0 Å². The van der Waals surface area contributed by atoms with Crippen LogP contribution in [0.1, 0.15) is 11.3 Å². The molecule has 4 aromatic rings. The lowest BCUT2D eigenvalue weighted by molar-refractivity contribution is 0.649. The van der Waals surface area contributed by atoms with Crippen LogP contribution in [-0.2, 0) is 13.1 Å². The lowest BCUT2D eigenvalue weighted by Gasteiger charge is -2.35. The topological polar surface area (TPSA) is 49.2 Å². The van der Waals surface area contributed by atoms with Gasteiger partial charge in [-0.3, -0.25) is 4.57 Å². The number of hydrogen-bond acceptors (Lipinski definition) is 6. The van der Waals surface area contributed by atoms with E-state index in [1.165, 1.54) is 16.9 Å². The van der Waals surface area contributed by atoms with Crippen LogP contribution in [0.5, 0.6) is 0 Å². The Hall–Kier alpha value is -2.68. The van der Waals surface area contributed by atoms with Crippen molar-refractivity contribution in [2.45, 2.75) is 13.1 Å². The summed E-state index contributed by atoms with van der Waals surface area (Å²) < 4.78 is 3.24. The number of nitrogens with zero attached hydrogens (tertiary/aromatic N) is 5. The standard InChI is InChI=1S/C24H25BrN6S/c25-20-7-4-6-19(16-20)17-26-18-22-10-5-11-31(22)24-28-27-23(32-24)30-14-12-29(13-15-30)21-8-2-1-3-9-21/h1-11,16,26H,12-15,17-18H2. The number of aromatic nitrogens is 3. The molecule has 6 nitrogen and oxygen atoms in total. The van der Waals surface area contributed by atoms with E-state index in [-0.39, 0.29) is 0 Å². The van der Waals surface area contributed by atoms with Gasteiger partial charge in [0, 0.05) is 61.3 Å². The van der Waals surface area contributed by atoms with Crippen molar-refractivity contribution in [1.82, 2.24) is 20.1 Å². The fourth-order valence-corrected chi connectivity index (χ4v) is 5.32. The molecule has 0 amide bonds. The molecule has 5 rings (SSSR count). The molecule has 1 N–H and O–H groups in total. The molecule has 0 saturated carbocycles. The Labute approximate surface area is 200 Å². The molecule has 0 bridgehead atoms. The van der Waals surface area contributed by atoms with Crippen LogP contribution in [0.4, 0.5) is 10.8 Å². The van der Waals surface area contributed by atoms with Gasteiger partial charge in [-0.15, -0.1) is 10.2 Å². The monoisotopic (exact) mass is 508 g/mol. The highest BCUT2D eigenvalue weighted by atomic mass is 79.9. The fraction of sp³-hybridized carbons (Fsp3) is 0.250. The van der Waals surface area contributed by atoms with Gasteiger partial charge in [-0.1, -0.05) is 57.6 Å². The molecule has 1 fully saturated rings. The summed E-state index contributed by atoms with van der Waals surface area (Å²) in [6.45, 7) is 5.48. The lowest BCUT2D eigenvalue weighted by atomic mass is 10.2. The average molecular weight is 509 g/mol. The third-order valence-electron chi connectivity index (χ3n) is 5.64. The minimum absolute atomic E-state index is 0.768. The average Bonchev–Trinajstić information content (AvgIpc) is 3.50. The zero-order valence-electron chi connectivity index (χ0n) is 17.7. The molecule has 0 radical (unpaired) electrons. The molecule has 1 aliphatic heterocycles. The first-order chi connectivity index (χ1) is 15.8. The quantitative estimate of drug-likeness (QED) is 0.391. The summed E-state index contributed by atoms with van der Waals surface area (Å²) in [7, 11) is 0. The van der Waals surface area contributed by atoms with E-state index in [4.69, 9.17) is 0 Å². The van der Waals surface area contributed by atoms with Crippen molar-refractivity contribution in [3.8, 4) is 5.13 Å². The van der Waals surface area contributed by atoms with Gasteiger partial charge in [-0.05, 0) is 42.0 Å². The maximum atomic E-state index is 4.50. The second-order valence-corrected chi connectivity index (χ2v) is 9.63. The number of anilines is 2. The Morgan fingerprint density at radius 3 is 2.41 bits per heavy atom. The van der Waals surface area contributed by atoms with Crippen LogP contribution in [0.25, 0.3) is 5.13 Å². The van der Waals surface area contributed by atoms with Crippen LogP contribution in [0.2, 0.25) is 0 Å². The lowest BCUT2D eigenvalue weighted by Crippen LogP contribution is -2.46. The van der Waals surface area contributed by atoms with Gasteiger partial charge in [0.05, 0.1) is 0 Å². The largest absolute Gasteiger partial charge is 0.368 e. The van der Waals surface area contributed by atoms with Gasteiger partial charge in [-0.2, -0.15) is 0 Å². The smallest absolute Gasteiger partial charge is 0.218 e. The van der Waals surface area contributed by atoms with Crippen molar-refractivity contribution in [3.63, 3.8) is 0 Å². The minimum Gasteiger partial charge on any atom is -0.368 e. The van der Waals surface area contributed by atoms with Gasteiger partial charge in [0.15, 0.2) is 0 Å². The third kappa shape index (κ3) is 4.87. The molecule has 3 heterocycles. The zero-order chi connectivity index (χ0) is 21.8.